The SMILES string of the molecule is CC(C)(CC(=O)O)c1nccc(-c2ccc(Br)cc2)n1. The molecule has 104 valence electrons. The maximum absolute atomic E-state index is 10.9. The average Bonchev–Trinajstić information content (AvgIpc) is 2.38. The molecule has 0 radical (unpaired) electrons. The summed E-state index contributed by atoms with van der Waals surface area (Å²) in [5, 5.41) is 8.97. The van der Waals surface area contributed by atoms with Crippen LogP contribution in [0.4, 0.5) is 0 Å². The largest absolute Gasteiger partial charge is 0.481 e. The molecule has 4 nitrogen and oxygen atoms in total. The smallest absolute Gasteiger partial charge is 0.304 e. The highest BCUT2D eigenvalue weighted by Gasteiger charge is 2.27. The molecule has 20 heavy (non-hydrogen) atoms. The zero-order valence-corrected chi connectivity index (χ0v) is 12.9. The van der Waals surface area contributed by atoms with E-state index in [1.54, 1.807) is 6.20 Å². The van der Waals surface area contributed by atoms with E-state index in [4.69, 9.17) is 5.11 Å². The fourth-order valence-corrected chi connectivity index (χ4v) is 2.19. The van der Waals surface area contributed by atoms with Crippen molar-refractivity contribution in [3.63, 3.8) is 0 Å². The Balaban J connectivity index is 2.37. The van der Waals surface area contributed by atoms with Crippen LogP contribution in [0.25, 0.3) is 11.3 Å². The van der Waals surface area contributed by atoms with Gasteiger partial charge in [0.1, 0.15) is 5.82 Å². The van der Waals surface area contributed by atoms with E-state index in [9.17, 15) is 4.79 Å². The number of carboxylic acids is 1. The molecule has 0 aliphatic rings. The molecular formula is C15H15BrN2O2. The highest BCUT2D eigenvalue weighted by molar-refractivity contribution is 9.10. The van der Waals surface area contributed by atoms with Crippen LogP contribution in [0.15, 0.2) is 41.0 Å². The Morgan fingerprint density at radius 3 is 2.50 bits per heavy atom. The maximum atomic E-state index is 10.9. The van der Waals surface area contributed by atoms with E-state index < -0.39 is 11.4 Å². The van der Waals surface area contributed by atoms with E-state index in [0.29, 0.717) is 5.82 Å². The number of hydrogen-bond acceptors (Lipinski definition) is 3. The number of aromatic nitrogens is 2. The first-order chi connectivity index (χ1) is 9.38. The predicted molar refractivity (Wildman–Crippen MR) is 80.4 cm³/mol. The summed E-state index contributed by atoms with van der Waals surface area (Å²) in [6.45, 7) is 3.67. The lowest BCUT2D eigenvalue weighted by Gasteiger charge is -2.20. The summed E-state index contributed by atoms with van der Waals surface area (Å²) in [4.78, 5) is 19.7. The van der Waals surface area contributed by atoms with Crippen LogP contribution < -0.4 is 0 Å². The number of carbonyl (C=O) groups is 1. The number of aliphatic carboxylic acids is 1. The van der Waals surface area contributed by atoms with E-state index in [1.165, 1.54) is 0 Å². The first kappa shape index (κ1) is 14.7. The third-order valence-electron chi connectivity index (χ3n) is 2.99. The number of nitrogens with zero attached hydrogens (tertiary/aromatic N) is 2. The van der Waals surface area contributed by atoms with Gasteiger partial charge in [0.25, 0.3) is 0 Å². The minimum absolute atomic E-state index is 0.00318. The third kappa shape index (κ3) is 3.42. The van der Waals surface area contributed by atoms with Crippen LogP contribution in [0.3, 0.4) is 0 Å². The van der Waals surface area contributed by atoms with Crippen LogP contribution in [0.5, 0.6) is 0 Å². The van der Waals surface area contributed by atoms with Gasteiger partial charge in [-0.15, -0.1) is 0 Å². The molecule has 0 spiro atoms. The average molecular weight is 335 g/mol. The Morgan fingerprint density at radius 2 is 1.90 bits per heavy atom. The molecule has 0 unspecified atom stereocenters. The summed E-state index contributed by atoms with van der Waals surface area (Å²) in [6, 6.07) is 9.63. The second-order valence-corrected chi connectivity index (χ2v) is 6.14. The van der Waals surface area contributed by atoms with Gasteiger partial charge in [-0.1, -0.05) is 41.9 Å². The van der Waals surface area contributed by atoms with Crippen LogP contribution in [-0.2, 0) is 10.2 Å². The lowest BCUT2D eigenvalue weighted by molar-refractivity contribution is -0.138. The minimum Gasteiger partial charge on any atom is -0.481 e. The van der Waals surface area contributed by atoms with Crippen molar-refractivity contribution >= 4 is 21.9 Å². The Morgan fingerprint density at radius 1 is 1.25 bits per heavy atom. The summed E-state index contributed by atoms with van der Waals surface area (Å²) >= 11 is 3.39. The molecule has 2 rings (SSSR count). The Kier molecular flexibility index (Phi) is 4.18. The van der Waals surface area contributed by atoms with Gasteiger partial charge in [0.15, 0.2) is 0 Å². The van der Waals surface area contributed by atoms with E-state index in [-0.39, 0.29) is 6.42 Å². The molecule has 0 aliphatic heterocycles. The van der Waals surface area contributed by atoms with Gasteiger partial charge in [-0.05, 0) is 18.2 Å². The second kappa shape index (κ2) is 5.71. The van der Waals surface area contributed by atoms with Gasteiger partial charge in [-0.3, -0.25) is 4.79 Å². The molecule has 1 aromatic heterocycles. The number of carboxylic acid groups (broad SMARTS) is 1. The lowest BCUT2D eigenvalue weighted by atomic mass is 9.88. The van der Waals surface area contributed by atoms with Crippen molar-refractivity contribution in [1.29, 1.82) is 0 Å². The highest BCUT2D eigenvalue weighted by Crippen LogP contribution is 2.26. The summed E-state index contributed by atoms with van der Waals surface area (Å²) in [7, 11) is 0. The molecule has 1 N–H and O–H groups in total. The van der Waals surface area contributed by atoms with Crippen molar-refractivity contribution in [2.45, 2.75) is 25.7 Å². The van der Waals surface area contributed by atoms with Gasteiger partial charge < -0.3 is 5.11 Å². The molecule has 0 fully saturated rings. The molecule has 1 aromatic carbocycles. The molecular weight excluding hydrogens is 320 g/mol. The van der Waals surface area contributed by atoms with E-state index in [1.807, 2.05) is 44.2 Å². The summed E-state index contributed by atoms with van der Waals surface area (Å²) in [6.07, 6.45) is 1.67. The van der Waals surface area contributed by atoms with Crippen molar-refractivity contribution in [3.8, 4) is 11.3 Å². The maximum Gasteiger partial charge on any atom is 0.304 e. The van der Waals surface area contributed by atoms with Crippen molar-refractivity contribution in [2.24, 2.45) is 0 Å². The molecule has 1 heterocycles. The topological polar surface area (TPSA) is 63.1 Å². The van der Waals surface area contributed by atoms with Crippen LogP contribution in [0.2, 0.25) is 0 Å². The molecule has 0 atom stereocenters. The molecule has 0 saturated carbocycles. The Labute approximate surface area is 126 Å². The van der Waals surface area contributed by atoms with Gasteiger partial charge in [-0.25, -0.2) is 9.97 Å². The van der Waals surface area contributed by atoms with Crippen molar-refractivity contribution < 1.29 is 9.90 Å². The molecule has 0 saturated heterocycles. The predicted octanol–water partition coefficient (Wildman–Crippen LogP) is 3.66. The molecule has 0 bridgehead atoms. The van der Waals surface area contributed by atoms with Gasteiger partial charge in [0.05, 0.1) is 12.1 Å². The minimum atomic E-state index is -0.854. The van der Waals surface area contributed by atoms with Gasteiger partial charge >= 0.3 is 5.97 Å². The molecule has 0 amide bonds. The van der Waals surface area contributed by atoms with Crippen molar-refractivity contribution in [3.05, 3.63) is 46.8 Å². The van der Waals surface area contributed by atoms with Crippen LogP contribution >= 0.6 is 15.9 Å². The fourth-order valence-electron chi connectivity index (χ4n) is 1.92. The Bertz CT molecular complexity index is 624. The zero-order valence-electron chi connectivity index (χ0n) is 11.3. The number of halogens is 1. The van der Waals surface area contributed by atoms with E-state index in [0.717, 1.165) is 15.7 Å². The van der Waals surface area contributed by atoms with E-state index >= 15 is 0 Å². The second-order valence-electron chi connectivity index (χ2n) is 5.23. The van der Waals surface area contributed by atoms with Gasteiger partial charge in [0, 0.05) is 21.6 Å². The number of rotatable bonds is 4. The van der Waals surface area contributed by atoms with Gasteiger partial charge in [0.2, 0.25) is 0 Å². The quantitative estimate of drug-likeness (QED) is 0.926. The molecule has 0 aliphatic carbocycles. The number of hydrogen-bond donors (Lipinski definition) is 1. The van der Waals surface area contributed by atoms with Crippen LogP contribution in [0.1, 0.15) is 26.1 Å². The summed E-state index contributed by atoms with van der Waals surface area (Å²) < 4.78 is 1.00. The standard InChI is InChI=1S/C15H15BrN2O2/c1-15(2,9-13(19)20)14-17-8-7-12(18-14)10-3-5-11(16)6-4-10/h3-8H,9H2,1-2H3,(H,19,20). The normalized spacial score (nSPS) is 11.3. The fraction of sp³-hybridized carbons (Fsp3) is 0.267. The van der Waals surface area contributed by atoms with Gasteiger partial charge in [-0.2, -0.15) is 0 Å². The highest BCUT2D eigenvalue weighted by atomic mass is 79.9. The monoisotopic (exact) mass is 334 g/mol. The number of benzene rings is 1. The van der Waals surface area contributed by atoms with Crippen LogP contribution in [0, 0.1) is 0 Å². The lowest BCUT2D eigenvalue weighted by Crippen LogP contribution is -2.24. The zero-order chi connectivity index (χ0) is 14.8. The molecule has 2 aromatic rings. The summed E-state index contributed by atoms with van der Waals surface area (Å²) in [5.41, 5.74) is 1.17. The molecule has 5 heteroatoms. The summed E-state index contributed by atoms with van der Waals surface area (Å²) in [5.74, 6) is -0.312. The Hall–Kier alpha value is -1.75. The first-order valence-corrected chi connectivity index (χ1v) is 6.99. The van der Waals surface area contributed by atoms with Crippen molar-refractivity contribution in [1.82, 2.24) is 9.97 Å². The van der Waals surface area contributed by atoms with Crippen molar-refractivity contribution in [2.75, 3.05) is 0 Å². The van der Waals surface area contributed by atoms with E-state index in [2.05, 4.69) is 25.9 Å². The first-order valence-electron chi connectivity index (χ1n) is 6.20. The third-order valence-corrected chi connectivity index (χ3v) is 3.52. The van der Waals surface area contributed by atoms with Crippen LogP contribution in [-0.4, -0.2) is 21.0 Å².